The lowest BCUT2D eigenvalue weighted by molar-refractivity contribution is -0.147. The molecule has 1 aliphatic carbocycles. The van der Waals surface area contributed by atoms with Crippen LogP contribution < -0.4 is 10.6 Å². The molecule has 9 heteroatoms. The molecular weight excluding hydrogens is 352 g/mol. The van der Waals surface area contributed by atoms with Gasteiger partial charge in [-0.2, -0.15) is 5.10 Å². The lowest BCUT2D eigenvalue weighted by atomic mass is 9.78. The average molecular weight is 374 g/mol. The maximum Gasteiger partial charge on any atom is 0.307 e. The van der Waals surface area contributed by atoms with Gasteiger partial charge in [-0.25, -0.2) is 0 Å². The molecule has 2 heterocycles. The summed E-state index contributed by atoms with van der Waals surface area (Å²) in [5, 5.41) is 18.8. The van der Waals surface area contributed by atoms with Crippen molar-refractivity contribution in [2.75, 3.05) is 5.32 Å². The highest BCUT2D eigenvalue weighted by atomic mass is 16.4. The number of nitrogens with zero attached hydrogens (tertiary/aromatic N) is 2. The number of hydrogen-bond acceptors (Lipinski definition) is 5. The third kappa shape index (κ3) is 4.36. The minimum atomic E-state index is -0.961. The fraction of sp³-hybridized carbons (Fsp3) is 0.444. The van der Waals surface area contributed by atoms with E-state index in [0.717, 1.165) is 12.8 Å². The van der Waals surface area contributed by atoms with Crippen molar-refractivity contribution >= 4 is 23.5 Å². The molecule has 2 aromatic rings. The van der Waals surface area contributed by atoms with Crippen LogP contribution in [-0.4, -0.2) is 32.7 Å². The molecule has 0 aromatic carbocycles. The van der Waals surface area contributed by atoms with E-state index in [-0.39, 0.29) is 17.9 Å². The quantitative estimate of drug-likeness (QED) is 0.707. The van der Waals surface area contributed by atoms with E-state index in [1.54, 1.807) is 19.2 Å². The predicted octanol–water partition coefficient (Wildman–Crippen LogP) is 1.77. The van der Waals surface area contributed by atoms with E-state index < -0.39 is 29.6 Å². The molecule has 2 amide bonds. The zero-order valence-corrected chi connectivity index (χ0v) is 15.0. The van der Waals surface area contributed by atoms with Crippen molar-refractivity contribution in [2.45, 2.75) is 32.2 Å². The van der Waals surface area contributed by atoms with E-state index in [9.17, 15) is 19.5 Å². The monoisotopic (exact) mass is 374 g/mol. The van der Waals surface area contributed by atoms with Gasteiger partial charge in [0.05, 0.1) is 30.3 Å². The zero-order chi connectivity index (χ0) is 19.4. The summed E-state index contributed by atoms with van der Waals surface area (Å²) < 4.78 is 6.59. The smallest absolute Gasteiger partial charge is 0.307 e. The number of hydrogen-bond donors (Lipinski definition) is 3. The number of nitrogens with one attached hydrogen (secondary N) is 2. The molecule has 0 bridgehead atoms. The number of amides is 2. The Balaban J connectivity index is 1.70. The second kappa shape index (κ2) is 8.07. The fourth-order valence-electron chi connectivity index (χ4n) is 3.38. The molecule has 144 valence electrons. The van der Waals surface area contributed by atoms with Gasteiger partial charge in [0.2, 0.25) is 5.91 Å². The van der Waals surface area contributed by atoms with E-state index in [4.69, 9.17) is 4.42 Å². The van der Waals surface area contributed by atoms with Crippen molar-refractivity contribution in [3.63, 3.8) is 0 Å². The maximum absolute atomic E-state index is 12.7. The van der Waals surface area contributed by atoms with E-state index in [1.165, 1.54) is 17.1 Å². The molecular formula is C18H22N4O5. The molecule has 0 unspecified atom stereocenters. The van der Waals surface area contributed by atoms with Gasteiger partial charge in [-0.3, -0.25) is 19.1 Å². The second-order valence-corrected chi connectivity index (χ2v) is 6.65. The summed E-state index contributed by atoms with van der Waals surface area (Å²) in [6.45, 7) is 0.194. The topological polar surface area (TPSA) is 126 Å². The zero-order valence-electron chi connectivity index (χ0n) is 15.0. The first kappa shape index (κ1) is 18.7. The van der Waals surface area contributed by atoms with Crippen LogP contribution in [0.15, 0.2) is 29.0 Å². The molecule has 0 radical (unpaired) electrons. The molecule has 2 atom stereocenters. The van der Waals surface area contributed by atoms with Crippen LogP contribution in [0.2, 0.25) is 0 Å². The fourth-order valence-corrected chi connectivity index (χ4v) is 3.38. The van der Waals surface area contributed by atoms with E-state index in [0.29, 0.717) is 18.6 Å². The number of aliphatic carboxylic acids is 1. The van der Waals surface area contributed by atoms with Gasteiger partial charge in [-0.1, -0.05) is 12.8 Å². The molecule has 0 saturated heterocycles. The first-order valence-corrected chi connectivity index (χ1v) is 8.83. The third-order valence-electron chi connectivity index (χ3n) is 4.72. The Morgan fingerprint density at radius 3 is 2.70 bits per heavy atom. The lowest BCUT2D eigenvalue weighted by Gasteiger charge is -2.27. The summed E-state index contributed by atoms with van der Waals surface area (Å²) in [6, 6.07) is 3.45. The standard InChI is InChI=1S/C18H22N4O5/c1-22-10-14(15(21-22)17(24)19-9-11-5-4-8-27-11)20-16(23)12-6-2-3-7-13(12)18(25)26/h4-5,8,10,12-13H,2-3,6-7,9H2,1H3,(H,19,24)(H,20,23)(H,25,26)/t12-,13-/m0/s1. The summed E-state index contributed by atoms with van der Waals surface area (Å²) in [5.41, 5.74) is 0.328. The van der Waals surface area contributed by atoms with Crippen LogP contribution in [0.1, 0.15) is 41.9 Å². The van der Waals surface area contributed by atoms with Crippen molar-refractivity contribution in [2.24, 2.45) is 18.9 Å². The summed E-state index contributed by atoms with van der Waals surface area (Å²) in [4.78, 5) is 36.5. The number of carboxylic acids is 1. The van der Waals surface area contributed by atoms with Crippen LogP contribution in [0.5, 0.6) is 0 Å². The normalized spacial score (nSPS) is 19.4. The van der Waals surface area contributed by atoms with Crippen LogP contribution in [0.3, 0.4) is 0 Å². The summed E-state index contributed by atoms with van der Waals surface area (Å²) >= 11 is 0. The highest BCUT2D eigenvalue weighted by Crippen LogP contribution is 2.31. The van der Waals surface area contributed by atoms with Gasteiger partial charge < -0.3 is 20.2 Å². The minimum Gasteiger partial charge on any atom is -0.481 e. The van der Waals surface area contributed by atoms with Crippen molar-refractivity contribution < 1.29 is 23.9 Å². The summed E-state index contributed by atoms with van der Waals surface area (Å²) in [5.74, 6) is -2.54. The Labute approximate surface area is 155 Å². The van der Waals surface area contributed by atoms with Gasteiger partial charge in [0.15, 0.2) is 5.69 Å². The Kier molecular flexibility index (Phi) is 5.58. The van der Waals surface area contributed by atoms with Gasteiger partial charge in [0, 0.05) is 13.2 Å². The van der Waals surface area contributed by atoms with Crippen molar-refractivity contribution in [3.8, 4) is 0 Å². The number of carbonyl (C=O) groups excluding carboxylic acids is 2. The van der Waals surface area contributed by atoms with Crippen LogP contribution in [0, 0.1) is 11.8 Å². The van der Waals surface area contributed by atoms with Gasteiger partial charge in [-0.05, 0) is 25.0 Å². The van der Waals surface area contributed by atoms with Crippen molar-refractivity contribution in [1.82, 2.24) is 15.1 Å². The predicted molar refractivity (Wildman–Crippen MR) is 94.8 cm³/mol. The largest absolute Gasteiger partial charge is 0.481 e. The van der Waals surface area contributed by atoms with Crippen LogP contribution in [0.4, 0.5) is 5.69 Å². The molecule has 1 aliphatic rings. The van der Waals surface area contributed by atoms with Gasteiger partial charge in [0.25, 0.3) is 5.91 Å². The van der Waals surface area contributed by atoms with E-state index >= 15 is 0 Å². The van der Waals surface area contributed by atoms with E-state index in [1.807, 2.05) is 0 Å². The molecule has 3 rings (SSSR count). The summed E-state index contributed by atoms with van der Waals surface area (Å²) in [7, 11) is 1.64. The highest BCUT2D eigenvalue weighted by molar-refractivity contribution is 6.03. The molecule has 9 nitrogen and oxygen atoms in total. The van der Waals surface area contributed by atoms with Gasteiger partial charge in [-0.15, -0.1) is 0 Å². The van der Waals surface area contributed by atoms with Crippen LogP contribution in [0.25, 0.3) is 0 Å². The SMILES string of the molecule is Cn1cc(NC(=O)[C@H]2CCCC[C@@H]2C(=O)O)c(C(=O)NCc2ccco2)n1. The number of carbonyl (C=O) groups is 3. The van der Waals surface area contributed by atoms with Gasteiger partial charge >= 0.3 is 5.97 Å². The Hall–Kier alpha value is -3.10. The Morgan fingerprint density at radius 2 is 2.04 bits per heavy atom. The summed E-state index contributed by atoms with van der Waals surface area (Å²) in [6.07, 6.45) is 5.65. The number of aryl methyl sites for hydroxylation is 1. The number of carboxylic acid groups (broad SMARTS) is 1. The molecule has 2 aromatic heterocycles. The lowest BCUT2D eigenvalue weighted by Crippen LogP contribution is -2.36. The van der Waals surface area contributed by atoms with E-state index in [2.05, 4.69) is 15.7 Å². The number of aromatic nitrogens is 2. The molecule has 1 saturated carbocycles. The first-order chi connectivity index (χ1) is 13.0. The number of rotatable bonds is 6. The maximum atomic E-state index is 12.7. The molecule has 3 N–H and O–H groups in total. The number of furan rings is 1. The number of anilines is 1. The van der Waals surface area contributed by atoms with Crippen LogP contribution >= 0.6 is 0 Å². The Morgan fingerprint density at radius 1 is 1.30 bits per heavy atom. The minimum absolute atomic E-state index is 0.0695. The van der Waals surface area contributed by atoms with Crippen molar-refractivity contribution in [1.29, 1.82) is 0 Å². The Bertz CT molecular complexity index is 827. The van der Waals surface area contributed by atoms with Crippen molar-refractivity contribution in [3.05, 3.63) is 36.0 Å². The molecule has 27 heavy (non-hydrogen) atoms. The molecule has 0 spiro atoms. The molecule has 0 aliphatic heterocycles. The third-order valence-corrected chi connectivity index (χ3v) is 4.72. The van der Waals surface area contributed by atoms with Gasteiger partial charge in [0.1, 0.15) is 5.76 Å². The highest BCUT2D eigenvalue weighted by Gasteiger charge is 2.36. The molecule has 1 fully saturated rings. The second-order valence-electron chi connectivity index (χ2n) is 6.65. The first-order valence-electron chi connectivity index (χ1n) is 8.83. The average Bonchev–Trinajstić information content (AvgIpc) is 3.29. The van der Waals surface area contributed by atoms with Crippen LogP contribution in [-0.2, 0) is 23.2 Å².